The van der Waals surface area contributed by atoms with Crippen LogP contribution >= 0.6 is 0 Å². The molecule has 198 valence electrons. The van der Waals surface area contributed by atoms with Gasteiger partial charge in [-0.1, -0.05) is 6.07 Å². The fraction of sp³-hybridized carbons (Fsp3) is 0.704. The highest BCUT2D eigenvalue weighted by atomic mass is 19.1. The summed E-state index contributed by atoms with van der Waals surface area (Å²) in [7, 11) is 5.86. The molecule has 1 aromatic carbocycles. The van der Waals surface area contributed by atoms with Crippen molar-refractivity contribution in [2.24, 2.45) is 0 Å². The largest absolute Gasteiger partial charge is 0.497 e. The fourth-order valence-corrected chi connectivity index (χ4v) is 6.58. The molecule has 5 rings (SSSR count). The highest BCUT2D eigenvalue weighted by Crippen LogP contribution is 2.35. The minimum Gasteiger partial charge on any atom is -0.497 e. The molecular formula is C27H40FN5O3. The lowest BCUT2D eigenvalue weighted by molar-refractivity contribution is -0.135. The van der Waals surface area contributed by atoms with Crippen LogP contribution in [0.1, 0.15) is 44.1 Å². The van der Waals surface area contributed by atoms with E-state index in [9.17, 15) is 14.0 Å². The van der Waals surface area contributed by atoms with Gasteiger partial charge in [-0.2, -0.15) is 0 Å². The van der Waals surface area contributed by atoms with Crippen LogP contribution in [0.2, 0.25) is 0 Å². The second kappa shape index (κ2) is 10.3. The number of likely N-dealkylation sites (N-methyl/N-ethyl adjacent to an activating group) is 1. The Morgan fingerprint density at radius 3 is 2.53 bits per heavy atom. The summed E-state index contributed by atoms with van der Waals surface area (Å²) < 4.78 is 19.5. The van der Waals surface area contributed by atoms with Crippen LogP contribution in [0.25, 0.3) is 0 Å². The second-order valence-electron chi connectivity index (χ2n) is 11.3. The molecule has 4 aliphatic rings. The first-order valence-electron chi connectivity index (χ1n) is 13.3. The van der Waals surface area contributed by atoms with Crippen molar-refractivity contribution in [2.75, 3.05) is 53.9 Å². The average Bonchev–Trinajstić information content (AvgIpc) is 3.29. The lowest BCUT2D eigenvalue weighted by atomic mass is 9.83. The van der Waals surface area contributed by atoms with Crippen LogP contribution < -0.4 is 10.1 Å². The van der Waals surface area contributed by atoms with E-state index in [1.165, 1.54) is 13.2 Å². The van der Waals surface area contributed by atoms with Crippen LogP contribution in [0, 0.1) is 5.82 Å². The summed E-state index contributed by atoms with van der Waals surface area (Å²) >= 11 is 0. The Morgan fingerprint density at radius 1 is 1.14 bits per heavy atom. The summed E-state index contributed by atoms with van der Waals surface area (Å²) in [5.41, 5.74) is 0.135. The molecule has 0 aliphatic carbocycles. The zero-order valence-corrected chi connectivity index (χ0v) is 21.8. The Labute approximate surface area is 213 Å². The molecule has 1 N–H and O–H groups in total. The molecule has 0 unspecified atom stereocenters. The SMILES string of the molecule is COc1ccc(CN2CCC3(CC2)CC(=O)N2C[C@@H](N(C)C4CCN(C)CC4)C[C@H]2C(=O)N3)c(F)c1. The first-order chi connectivity index (χ1) is 17.3. The smallest absolute Gasteiger partial charge is 0.243 e. The lowest BCUT2D eigenvalue weighted by Gasteiger charge is -2.41. The van der Waals surface area contributed by atoms with Crippen molar-refractivity contribution in [3.63, 3.8) is 0 Å². The number of likely N-dealkylation sites (tertiary alicyclic amines) is 2. The third-order valence-electron chi connectivity index (χ3n) is 9.09. The van der Waals surface area contributed by atoms with Gasteiger partial charge in [0.25, 0.3) is 0 Å². The van der Waals surface area contributed by atoms with E-state index in [4.69, 9.17) is 4.74 Å². The van der Waals surface area contributed by atoms with Crippen molar-refractivity contribution >= 4 is 11.8 Å². The molecule has 36 heavy (non-hydrogen) atoms. The van der Waals surface area contributed by atoms with E-state index in [1.807, 2.05) is 4.90 Å². The van der Waals surface area contributed by atoms with Gasteiger partial charge in [0.15, 0.2) is 0 Å². The number of hydrogen-bond acceptors (Lipinski definition) is 6. The number of carbonyl (C=O) groups excluding carboxylic acids is 2. The summed E-state index contributed by atoms with van der Waals surface area (Å²) in [4.78, 5) is 35.6. The molecule has 8 nitrogen and oxygen atoms in total. The van der Waals surface area contributed by atoms with Gasteiger partial charge in [-0.3, -0.25) is 19.4 Å². The maximum atomic E-state index is 14.4. The van der Waals surface area contributed by atoms with Crippen LogP contribution in [-0.2, 0) is 16.1 Å². The predicted octanol–water partition coefficient (Wildman–Crippen LogP) is 1.68. The summed E-state index contributed by atoms with van der Waals surface area (Å²) in [6, 6.07) is 5.33. The normalized spacial score (nSPS) is 27.9. The Kier molecular flexibility index (Phi) is 7.25. The molecule has 2 amide bonds. The number of fused-ring (bicyclic) bond motifs is 1. The number of piperidine rings is 2. The first-order valence-corrected chi connectivity index (χ1v) is 13.3. The monoisotopic (exact) mass is 501 g/mol. The number of hydrogen-bond donors (Lipinski definition) is 1. The van der Waals surface area contributed by atoms with Gasteiger partial charge in [0.2, 0.25) is 11.8 Å². The van der Waals surface area contributed by atoms with Crippen LogP contribution in [0.5, 0.6) is 5.75 Å². The standard InChI is InChI=1S/C27H40FN5O3/c1-30-10-6-20(7-11-30)31(2)21-14-24-26(35)29-27(16-25(34)33(24)18-21)8-12-32(13-9-27)17-19-4-5-22(36-3)15-23(19)28/h4-5,15,20-21,24H,6-14,16-18H2,1-3H3,(H,29,35)/t21-,24-/m0/s1. The van der Waals surface area contributed by atoms with Crippen LogP contribution in [0.15, 0.2) is 18.2 Å². The molecule has 0 saturated carbocycles. The average molecular weight is 502 g/mol. The number of amides is 2. The van der Waals surface area contributed by atoms with Gasteiger partial charge in [0, 0.05) is 49.9 Å². The predicted molar refractivity (Wildman–Crippen MR) is 135 cm³/mol. The van der Waals surface area contributed by atoms with Crippen molar-refractivity contribution in [3.8, 4) is 5.75 Å². The zero-order valence-electron chi connectivity index (χ0n) is 21.8. The number of ether oxygens (including phenoxy) is 1. The lowest BCUT2D eigenvalue weighted by Crippen LogP contribution is -2.56. The molecule has 1 spiro atoms. The molecule has 4 saturated heterocycles. The number of benzene rings is 1. The third kappa shape index (κ3) is 5.10. The Hall–Kier alpha value is -2.23. The molecule has 4 aliphatic heterocycles. The van der Waals surface area contributed by atoms with Gasteiger partial charge < -0.3 is 19.9 Å². The van der Waals surface area contributed by atoms with Gasteiger partial charge in [0.1, 0.15) is 17.6 Å². The minimum absolute atomic E-state index is 0.00484. The minimum atomic E-state index is -0.497. The maximum Gasteiger partial charge on any atom is 0.243 e. The third-order valence-corrected chi connectivity index (χ3v) is 9.09. The van der Waals surface area contributed by atoms with Gasteiger partial charge in [-0.15, -0.1) is 0 Å². The van der Waals surface area contributed by atoms with Crippen molar-refractivity contribution in [1.82, 2.24) is 24.9 Å². The molecule has 2 atom stereocenters. The van der Waals surface area contributed by atoms with E-state index in [1.54, 1.807) is 12.1 Å². The number of carbonyl (C=O) groups is 2. The first kappa shape index (κ1) is 25.4. The Morgan fingerprint density at radius 2 is 1.86 bits per heavy atom. The van der Waals surface area contributed by atoms with Crippen LogP contribution in [0.4, 0.5) is 4.39 Å². The topological polar surface area (TPSA) is 68.4 Å². The molecule has 4 heterocycles. The zero-order chi connectivity index (χ0) is 25.4. The summed E-state index contributed by atoms with van der Waals surface area (Å²) in [6.45, 7) is 4.76. The van der Waals surface area contributed by atoms with E-state index >= 15 is 0 Å². The molecule has 9 heteroatoms. The van der Waals surface area contributed by atoms with E-state index in [-0.39, 0.29) is 29.7 Å². The summed E-state index contributed by atoms with van der Waals surface area (Å²) in [6.07, 6.45) is 4.72. The summed E-state index contributed by atoms with van der Waals surface area (Å²) in [5.74, 6) is 0.323. The van der Waals surface area contributed by atoms with Crippen molar-refractivity contribution < 1.29 is 18.7 Å². The Balaban J connectivity index is 1.19. The molecule has 1 aromatic rings. The number of halogens is 1. The van der Waals surface area contributed by atoms with Gasteiger partial charge >= 0.3 is 0 Å². The highest BCUT2D eigenvalue weighted by Gasteiger charge is 2.49. The number of rotatable bonds is 5. The van der Waals surface area contributed by atoms with Crippen molar-refractivity contribution in [1.29, 1.82) is 0 Å². The van der Waals surface area contributed by atoms with Gasteiger partial charge in [0.05, 0.1) is 19.1 Å². The molecule has 0 aromatic heterocycles. The van der Waals surface area contributed by atoms with E-state index < -0.39 is 5.54 Å². The van der Waals surface area contributed by atoms with Crippen molar-refractivity contribution in [3.05, 3.63) is 29.6 Å². The number of nitrogens with one attached hydrogen (secondary N) is 1. The van der Waals surface area contributed by atoms with E-state index in [2.05, 4.69) is 34.1 Å². The van der Waals surface area contributed by atoms with Crippen LogP contribution in [-0.4, -0.2) is 109 Å². The number of methoxy groups -OCH3 is 1. The van der Waals surface area contributed by atoms with E-state index in [0.29, 0.717) is 69.2 Å². The van der Waals surface area contributed by atoms with Crippen LogP contribution in [0.3, 0.4) is 0 Å². The van der Waals surface area contributed by atoms with Gasteiger partial charge in [-0.25, -0.2) is 4.39 Å². The molecule has 4 fully saturated rings. The fourth-order valence-electron chi connectivity index (χ4n) is 6.58. The second-order valence-corrected chi connectivity index (χ2v) is 11.3. The number of nitrogens with zero attached hydrogens (tertiary/aromatic N) is 4. The Bertz CT molecular complexity index is 946. The molecular weight excluding hydrogens is 461 g/mol. The summed E-state index contributed by atoms with van der Waals surface area (Å²) in [5, 5.41) is 3.31. The highest BCUT2D eigenvalue weighted by molar-refractivity contribution is 5.92. The van der Waals surface area contributed by atoms with E-state index in [0.717, 1.165) is 25.9 Å². The van der Waals surface area contributed by atoms with Crippen molar-refractivity contribution in [2.45, 2.75) is 68.7 Å². The molecule has 0 radical (unpaired) electrons. The van der Waals surface area contributed by atoms with Gasteiger partial charge in [-0.05, 0) is 65.4 Å². The quantitative estimate of drug-likeness (QED) is 0.662. The molecule has 0 bridgehead atoms. The maximum absolute atomic E-state index is 14.4.